The summed E-state index contributed by atoms with van der Waals surface area (Å²) >= 11 is 1.19. The number of amides is 1. The predicted molar refractivity (Wildman–Crippen MR) is 124 cm³/mol. The number of carbonyl (C=O) groups excluding carboxylic acids is 1. The third-order valence-electron chi connectivity index (χ3n) is 4.74. The Balaban J connectivity index is 1.39. The summed E-state index contributed by atoms with van der Waals surface area (Å²) in [7, 11) is 0. The van der Waals surface area contributed by atoms with Crippen LogP contribution in [-0.2, 0) is 24.1 Å². The zero-order valence-electron chi connectivity index (χ0n) is 17.3. The number of thioether (sulfide) groups is 1. The van der Waals surface area contributed by atoms with Crippen LogP contribution in [0.25, 0.3) is 6.08 Å². The maximum atomic E-state index is 12.7. The molecule has 1 aliphatic rings. The molecule has 8 heteroatoms. The van der Waals surface area contributed by atoms with E-state index >= 15 is 0 Å². The van der Waals surface area contributed by atoms with Gasteiger partial charge in [0.15, 0.2) is 5.17 Å². The molecule has 4 rings (SSSR count). The van der Waals surface area contributed by atoms with Crippen LogP contribution in [-0.4, -0.2) is 11.1 Å². The van der Waals surface area contributed by atoms with Crippen molar-refractivity contribution in [3.8, 4) is 5.75 Å². The van der Waals surface area contributed by atoms with Crippen molar-refractivity contribution in [2.75, 3.05) is 0 Å². The Morgan fingerprint density at radius 1 is 0.939 bits per heavy atom. The number of rotatable bonds is 6. The van der Waals surface area contributed by atoms with Crippen molar-refractivity contribution < 1.29 is 22.7 Å². The molecular formula is C25H19F3N2O2S. The first-order valence-electron chi connectivity index (χ1n) is 10.0. The molecule has 168 valence electrons. The minimum absolute atomic E-state index is 0.164. The average molecular weight is 469 g/mol. The highest BCUT2D eigenvalue weighted by Gasteiger charge is 2.30. The van der Waals surface area contributed by atoms with Crippen LogP contribution in [0.5, 0.6) is 5.75 Å². The van der Waals surface area contributed by atoms with Crippen LogP contribution in [0.1, 0.15) is 22.3 Å². The molecule has 1 amide bonds. The fraction of sp³-hybridized carbons (Fsp3) is 0.120. The van der Waals surface area contributed by atoms with Crippen LogP contribution >= 0.6 is 11.8 Å². The second-order valence-electron chi connectivity index (χ2n) is 7.23. The topological polar surface area (TPSA) is 50.7 Å². The third-order valence-corrected chi connectivity index (χ3v) is 5.69. The lowest BCUT2D eigenvalue weighted by atomic mass is 10.1. The molecule has 0 saturated carbocycles. The van der Waals surface area contributed by atoms with Gasteiger partial charge >= 0.3 is 6.18 Å². The number of benzene rings is 3. The van der Waals surface area contributed by atoms with Crippen molar-refractivity contribution in [2.45, 2.75) is 19.3 Å². The van der Waals surface area contributed by atoms with E-state index in [1.54, 1.807) is 6.08 Å². The summed E-state index contributed by atoms with van der Waals surface area (Å²) in [5.74, 6) is 0.412. The molecular weight excluding hydrogens is 449 g/mol. The number of hydrogen-bond donors (Lipinski definition) is 1. The first-order chi connectivity index (χ1) is 15.9. The maximum absolute atomic E-state index is 12.7. The SMILES string of the molecule is O=C1NC(=NCc2ccc(C(F)(F)F)cc2)S/C1=C/c1cccc(OCc2ccccc2)c1. The largest absolute Gasteiger partial charge is 0.489 e. The number of ether oxygens (including phenoxy) is 1. The fourth-order valence-corrected chi connectivity index (χ4v) is 3.87. The predicted octanol–water partition coefficient (Wildman–Crippen LogP) is 6.04. The number of carbonyl (C=O) groups is 1. The summed E-state index contributed by atoms with van der Waals surface area (Å²) in [6.45, 7) is 0.605. The Bertz CT molecular complexity index is 1190. The molecule has 1 aliphatic heterocycles. The van der Waals surface area contributed by atoms with Gasteiger partial charge in [0.1, 0.15) is 12.4 Å². The van der Waals surface area contributed by atoms with Crippen LogP contribution in [0.2, 0.25) is 0 Å². The molecule has 1 saturated heterocycles. The van der Waals surface area contributed by atoms with Crippen LogP contribution in [0, 0.1) is 0 Å². The summed E-state index contributed by atoms with van der Waals surface area (Å²) in [6, 6.07) is 22.0. The lowest BCUT2D eigenvalue weighted by molar-refractivity contribution is -0.137. The van der Waals surface area contributed by atoms with Crippen LogP contribution in [0.15, 0.2) is 88.8 Å². The van der Waals surface area contributed by atoms with Gasteiger partial charge < -0.3 is 10.1 Å². The molecule has 1 fully saturated rings. The first kappa shape index (κ1) is 22.7. The number of aliphatic imine (C=N–C) groups is 1. The Morgan fingerprint density at radius 3 is 2.42 bits per heavy atom. The minimum Gasteiger partial charge on any atom is -0.489 e. The Morgan fingerprint density at radius 2 is 1.70 bits per heavy atom. The highest BCUT2D eigenvalue weighted by molar-refractivity contribution is 8.18. The highest BCUT2D eigenvalue weighted by Crippen LogP contribution is 2.30. The monoisotopic (exact) mass is 468 g/mol. The van der Waals surface area contributed by atoms with Gasteiger partial charge in [0, 0.05) is 0 Å². The van der Waals surface area contributed by atoms with E-state index in [0.717, 1.165) is 23.3 Å². The van der Waals surface area contributed by atoms with Crippen LogP contribution in [0.4, 0.5) is 13.2 Å². The quantitative estimate of drug-likeness (QED) is 0.449. The van der Waals surface area contributed by atoms with Crippen molar-refractivity contribution in [2.24, 2.45) is 4.99 Å². The summed E-state index contributed by atoms with van der Waals surface area (Å²) < 4.78 is 43.8. The van der Waals surface area contributed by atoms with E-state index in [4.69, 9.17) is 4.74 Å². The number of hydrogen-bond acceptors (Lipinski definition) is 4. The van der Waals surface area contributed by atoms with E-state index in [1.165, 1.54) is 23.9 Å². The molecule has 33 heavy (non-hydrogen) atoms. The molecule has 3 aromatic rings. The maximum Gasteiger partial charge on any atom is 0.416 e. The van der Waals surface area contributed by atoms with E-state index in [0.29, 0.717) is 28.0 Å². The first-order valence-corrected chi connectivity index (χ1v) is 10.9. The number of amidine groups is 1. The molecule has 0 aromatic heterocycles. The standard InChI is InChI=1S/C25H19F3N2O2S/c26-25(27,28)20-11-9-17(10-12-20)15-29-24-30-23(31)22(33-24)14-19-7-4-8-21(13-19)32-16-18-5-2-1-3-6-18/h1-14H,15-16H2,(H,29,30,31)/b22-14+. The van der Waals surface area contributed by atoms with Crippen LogP contribution in [0.3, 0.4) is 0 Å². The number of halogens is 3. The van der Waals surface area contributed by atoms with Gasteiger partial charge in [-0.25, -0.2) is 0 Å². The molecule has 0 spiro atoms. The average Bonchev–Trinajstić information content (AvgIpc) is 3.16. The van der Waals surface area contributed by atoms with Crippen molar-refractivity contribution in [3.05, 3.63) is 106 Å². The lowest BCUT2D eigenvalue weighted by Gasteiger charge is -2.07. The smallest absolute Gasteiger partial charge is 0.416 e. The number of nitrogens with one attached hydrogen (secondary N) is 1. The van der Waals surface area contributed by atoms with Gasteiger partial charge in [-0.05, 0) is 58.8 Å². The Hall–Kier alpha value is -3.52. The highest BCUT2D eigenvalue weighted by atomic mass is 32.2. The van der Waals surface area contributed by atoms with Crippen LogP contribution < -0.4 is 10.1 Å². The summed E-state index contributed by atoms with van der Waals surface area (Å²) in [6.07, 6.45) is -2.63. The van der Waals surface area contributed by atoms with Crippen molar-refractivity contribution in [1.29, 1.82) is 0 Å². The van der Waals surface area contributed by atoms with Gasteiger partial charge in [-0.1, -0.05) is 54.6 Å². The third kappa shape index (κ3) is 6.26. The zero-order chi connectivity index (χ0) is 23.3. The van der Waals surface area contributed by atoms with Gasteiger partial charge in [0.2, 0.25) is 0 Å². The summed E-state index contributed by atoms with van der Waals surface area (Å²) in [4.78, 5) is 17.1. The normalized spacial score (nSPS) is 16.3. The van der Waals surface area contributed by atoms with E-state index in [-0.39, 0.29) is 12.5 Å². The van der Waals surface area contributed by atoms with E-state index < -0.39 is 11.7 Å². The van der Waals surface area contributed by atoms with Gasteiger partial charge in [0.05, 0.1) is 17.0 Å². The van der Waals surface area contributed by atoms with Crippen molar-refractivity contribution in [3.63, 3.8) is 0 Å². The molecule has 1 heterocycles. The summed E-state index contributed by atoms with van der Waals surface area (Å²) in [5.41, 5.74) is 1.77. The number of nitrogens with zero attached hydrogens (tertiary/aromatic N) is 1. The Labute approximate surface area is 193 Å². The number of alkyl halides is 3. The molecule has 4 nitrogen and oxygen atoms in total. The Kier molecular flexibility index (Phi) is 6.84. The van der Waals surface area contributed by atoms with Gasteiger partial charge in [-0.15, -0.1) is 0 Å². The van der Waals surface area contributed by atoms with Crippen molar-refractivity contribution >= 4 is 28.9 Å². The van der Waals surface area contributed by atoms with E-state index in [9.17, 15) is 18.0 Å². The van der Waals surface area contributed by atoms with E-state index in [2.05, 4.69) is 10.3 Å². The van der Waals surface area contributed by atoms with Crippen molar-refractivity contribution in [1.82, 2.24) is 5.32 Å². The van der Waals surface area contributed by atoms with E-state index in [1.807, 2.05) is 54.6 Å². The molecule has 0 bridgehead atoms. The minimum atomic E-state index is -4.37. The van der Waals surface area contributed by atoms with Gasteiger partial charge in [-0.3, -0.25) is 9.79 Å². The van der Waals surface area contributed by atoms with Gasteiger partial charge in [-0.2, -0.15) is 13.2 Å². The molecule has 3 aromatic carbocycles. The zero-order valence-corrected chi connectivity index (χ0v) is 18.1. The fourth-order valence-electron chi connectivity index (χ4n) is 3.05. The molecule has 0 unspecified atom stereocenters. The lowest BCUT2D eigenvalue weighted by Crippen LogP contribution is -2.19. The molecule has 0 atom stereocenters. The second kappa shape index (κ2) is 9.95. The molecule has 1 N–H and O–H groups in total. The molecule has 0 aliphatic carbocycles. The van der Waals surface area contributed by atoms with Gasteiger partial charge in [0.25, 0.3) is 5.91 Å². The second-order valence-corrected chi connectivity index (χ2v) is 8.26. The summed E-state index contributed by atoms with van der Waals surface area (Å²) in [5, 5.41) is 3.09. The molecule has 0 radical (unpaired) electrons.